The Hall–Kier alpha value is -3.60. The fourth-order valence-electron chi connectivity index (χ4n) is 2.83. The molecule has 28 heavy (non-hydrogen) atoms. The van der Waals surface area contributed by atoms with E-state index in [1.807, 2.05) is 54.6 Å². The van der Waals surface area contributed by atoms with Gasteiger partial charge in [0.15, 0.2) is 12.2 Å². The Labute approximate surface area is 162 Å². The van der Waals surface area contributed by atoms with Crippen LogP contribution in [0.5, 0.6) is 11.5 Å². The summed E-state index contributed by atoms with van der Waals surface area (Å²) in [4.78, 5) is 16.6. The summed E-state index contributed by atoms with van der Waals surface area (Å²) in [6.45, 7) is 1.90. The van der Waals surface area contributed by atoms with Crippen LogP contribution in [-0.4, -0.2) is 17.6 Å². The van der Waals surface area contributed by atoms with E-state index in [1.165, 1.54) is 0 Å². The largest absolute Gasteiger partial charge is 0.482 e. The maximum absolute atomic E-state index is 12.1. The lowest BCUT2D eigenvalue weighted by Gasteiger charge is -2.07. The van der Waals surface area contributed by atoms with E-state index in [1.54, 1.807) is 18.2 Å². The highest BCUT2D eigenvalue weighted by Gasteiger charge is 2.11. The Bertz CT molecular complexity index is 1100. The summed E-state index contributed by atoms with van der Waals surface area (Å²) in [6, 6.07) is 22.4. The molecule has 5 heteroatoms. The number of ether oxygens (including phenoxy) is 2. The van der Waals surface area contributed by atoms with Gasteiger partial charge in [-0.3, -0.25) is 0 Å². The molecule has 1 aromatic heterocycles. The van der Waals surface area contributed by atoms with Gasteiger partial charge >= 0.3 is 5.97 Å². The highest BCUT2D eigenvalue weighted by atomic mass is 16.6. The number of rotatable bonds is 6. The van der Waals surface area contributed by atoms with E-state index >= 15 is 0 Å². The zero-order chi connectivity index (χ0) is 19.3. The van der Waals surface area contributed by atoms with Gasteiger partial charge in [-0.25, -0.2) is 9.78 Å². The average Bonchev–Trinajstić information content (AvgIpc) is 3.16. The summed E-state index contributed by atoms with van der Waals surface area (Å²) in [5.74, 6) is 1.08. The van der Waals surface area contributed by atoms with Gasteiger partial charge in [0, 0.05) is 11.6 Å². The second-order valence-corrected chi connectivity index (χ2v) is 6.28. The van der Waals surface area contributed by atoms with Gasteiger partial charge in [0.05, 0.1) is 0 Å². The average molecular weight is 373 g/mol. The number of aryl methyl sites for hydroxylation is 1. The van der Waals surface area contributed by atoms with Gasteiger partial charge in [-0.2, -0.15) is 0 Å². The van der Waals surface area contributed by atoms with Crippen molar-refractivity contribution in [3.63, 3.8) is 0 Å². The number of hydrogen-bond acceptors (Lipinski definition) is 5. The van der Waals surface area contributed by atoms with Crippen molar-refractivity contribution in [1.29, 1.82) is 0 Å². The van der Waals surface area contributed by atoms with Crippen molar-refractivity contribution in [2.45, 2.75) is 13.3 Å². The maximum atomic E-state index is 12.1. The zero-order valence-electron chi connectivity index (χ0n) is 15.4. The van der Waals surface area contributed by atoms with Gasteiger partial charge in [-0.15, -0.1) is 0 Å². The molecule has 0 aliphatic heterocycles. The number of carbonyl (C=O) groups excluding carboxylic acids is 1. The number of hydrogen-bond donors (Lipinski definition) is 0. The van der Waals surface area contributed by atoms with E-state index in [-0.39, 0.29) is 6.61 Å². The number of fused-ring (bicyclic) bond motifs is 1. The van der Waals surface area contributed by atoms with Gasteiger partial charge in [-0.05, 0) is 48.4 Å². The van der Waals surface area contributed by atoms with Gasteiger partial charge in [0.2, 0.25) is 5.89 Å². The molecule has 0 atom stereocenters. The van der Waals surface area contributed by atoms with Crippen molar-refractivity contribution in [3.8, 4) is 23.0 Å². The molecule has 0 saturated carbocycles. The minimum atomic E-state index is -0.482. The van der Waals surface area contributed by atoms with Gasteiger partial charge in [-0.1, -0.05) is 37.3 Å². The normalized spacial score (nSPS) is 10.8. The molecular weight excluding hydrogens is 354 g/mol. The summed E-state index contributed by atoms with van der Waals surface area (Å²) in [5, 5.41) is 0. The predicted octanol–water partition coefficient (Wildman–Crippen LogP) is 5.04. The first-order valence-electron chi connectivity index (χ1n) is 9.09. The van der Waals surface area contributed by atoms with Crippen molar-refractivity contribution in [2.75, 3.05) is 6.61 Å². The molecule has 0 amide bonds. The fraction of sp³-hybridized carbons (Fsp3) is 0.130. The van der Waals surface area contributed by atoms with Crippen LogP contribution in [0.3, 0.4) is 0 Å². The highest BCUT2D eigenvalue weighted by Crippen LogP contribution is 2.27. The highest BCUT2D eigenvalue weighted by molar-refractivity contribution is 5.80. The summed E-state index contributed by atoms with van der Waals surface area (Å²) in [7, 11) is 0. The second kappa shape index (κ2) is 7.96. The third-order valence-corrected chi connectivity index (χ3v) is 4.28. The predicted molar refractivity (Wildman–Crippen MR) is 106 cm³/mol. The van der Waals surface area contributed by atoms with Crippen LogP contribution < -0.4 is 9.47 Å². The molecule has 140 valence electrons. The lowest BCUT2D eigenvalue weighted by molar-refractivity contribution is -0.136. The Morgan fingerprint density at radius 3 is 2.64 bits per heavy atom. The van der Waals surface area contributed by atoms with E-state index in [2.05, 4.69) is 11.9 Å². The van der Waals surface area contributed by atoms with E-state index in [9.17, 15) is 4.79 Å². The van der Waals surface area contributed by atoms with Crippen LogP contribution in [-0.2, 0) is 11.2 Å². The molecule has 0 N–H and O–H groups in total. The molecule has 0 unspecified atom stereocenters. The van der Waals surface area contributed by atoms with Crippen LogP contribution in [0, 0.1) is 0 Å². The molecule has 0 aliphatic rings. The number of carbonyl (C=O) groups is 1. The molecule has 4 rings (SSSR count). The molecule has 3 aromatic carbocycles. The van der Waals surface area contributed by atoms with Gasteiger partial charge in [0.1, 0.15) is 17.0 Å². The Balaban J connectivity index is 1.43. The Morgan fingerprint density at radius 2 is 1.82 bits per heavy atom. The van der Waals surface area contributed by atoms with E-state index in [4.69, 9.17) is 13.9 Å². The van der Waals surface area contributed by atoms with Gasteiger partial charge < -0.3 is 13.9 Å². The van der Waals surface area contributed by atoms with Crippen LogP contribution in [0.15, 0.2) is 77.2 Å². The molecule has 0 bridgehead atoms. The van der Waals surface area contributed by atoms with E-state index in [0.29, 0.717) is 28.5 Å². The molecule has 0 fully saturated rings. The first kappa shape index (κ1) is 17.8. The standard InChI is InChI=1S/C23H19NO4/c1-2-16-7-6-10-18(13-16)26-15-22(25)27-19-11-12-20-21(14-19)28-23(24-20)17-8-4-3-5-9-17/h3-14H,2,15H2,1H3. The van der Waals surface area contributed by atoms with Crippen molar-refractivity contribution < 1.29 is 18.7 Å². The number of nitrogens with zero attached hydrogens (tertiary/aromatic N) is 1. The molecule has 4 aromatic rings. The molecule has 0 aliphatic carbocycles. The molecular formula is C23H19NO4. The third-order valence-electron chi connectivity index (χ3n) is 4.28. The lowest BCUT2D eigenvalue weighted by atomic mass is 10.2. The second-order valence-electron chi connectivity index (χ2n) is 6.28. The van der Waals surface area contributed by atoms with E-state index in [0.717, 1.165) is 17.5 Å². The molecule has 5 nitrogen and oxygen atoms in total. The number of oxazole rings is 1. The van der Waals surface area contributed by atoms with Crippen LogP contribution in [0.2, 0.25) is 0 Å². The monoisotopic (exact) mass is 373 g/mol. The minimum absolute atomic E-state index is 0.170. The molecule has 0 radical (unpaired) electrons. The lowest BCUT2D eigenvalue weighted by Crippen LogP contribution is -2.17. The fourth-order valence-corrected chi connectivity index (χ4v) is 2.83. The summed E-state index contributed by atoms with van der Waals surface area (Å²) >= 11 is 0. The SMILES string of the molecule is CCc1cccc(OCC(=O)Oc2ccc3nc(-c4ccccc4)oc3c2)c1. The third kappa shape index (κ3) is 4.04. The summed E-state index contributed by atoms with van der Waals surface area (Å²) in [5.41, 5.74) is 3.29. The van der Waals surface area contributed by atoms with Crippen molar-refractivity contribution in [2.24, 2.45) is 0 Å². The Morgan fingerprint density at radius 1 is 0.964 bits per heavy atom. The summed E-state index contributed by atoms with van der Waals surface area (Å²) < 4.78 is 16.7. The Kier molecular flexibility index (Phi) is 5.06. The topological polar surface area (TPSA) is 61.6 Å². The van der Waals surface area contributed by atoms with Crippen LogP contribution in [0.4, 0.5) is 0 Å². The number of benzene rings is 3. The number of esters is 1. The van der Waals surface area contributed by atoms with Crippen molar-refractivity contribution in [1.82, 2.24) is 4.98 Å². The quantitative estimate of drug-likeness (QED) is 0.350. The van der Waals surface area contributed by atoms with Crippen molar-refractivity contribution >= 4 is 17.1 Å². The number of aromatic nitrogens is 1. The summed E-state index contributed by atoms with van der Waals surface area (Å²) in [6.07, 6.45) is 0.907. The zero-order valence-corrected chi connectivity index (χ0v) is 15.4. The first-order chi connectivity index (χ1) is 13.7. The van der Waals surface area contributed by atoms with Crippen molar-refractivity contribution in [3.05, 3.63) is 78.4 Å². The molecule has 1 heterocycles. The van der Waals surface area contributed by atoms with Gasteiger partial charge in [0.25, 0.3) is 0 Å². The minimum Gasteiger partial charge on any atom is -0.482 e. The first-order valence-corrected chi connectivity index (χ1v) is 9.09. The van der Waals surface area contributed by atoms with Crippen LogP contribution in [0.25, 0.3) is 22.6 Å². The molecule has 0 spiro atoms. The smallest absolute Gasteiger partial charge is 0.349 e. The maximum Gasteiger partial charge on any atom is 0.349 e. The van der Waals surface area contributed by atoms with Crippen LogP contribution >= 0.6 is 0 Å². The molecule has 0 saturated heterocycles. The van der Waals surface area contributed by atoms with Crippen LogP contribution in [0.1, 0.15) is 12.5 Å². The van der Waals surface area contributed by atoms with E-state index < -0.39 is 5.97 Å².